The summed E-state index contributed by atoms with van der Waals surface area (Å²) < 4.78 is 9.93. The Hall–Kier alpha value is -4.14. The van der Waals surface area contributed by atoms with Gasteiger partial charge in [0.15, 0.2) is 0 Å². The van der Waals surface area contributed by atoms with Crippen LogP contribution in [0.5, 0.6) is 5.75 Å². The quantitative estimate of drug-likeness (QED) is 0.289. The zero-order valence-corrected chi connectivity index (χ0v) is 19.6. The Morgan fingerprint density at radius 2 is 1.46 bits per heavy atom. The first-order valence-corrected chi connectivity index (χ1v) is 10.9. The second-order valence-corrected chi connectivity index (χ2v) is 8.04. The van der Waals surface area contributed by atoms with Crippen LogP contribution in [0.15, 0.2) is 83.5 Å². The smallest absolute Gasteiger partial charge is 0.343 e. The molecule has 1 aliphatic heterocycles. The normalized spacial score (nSPS) is 13.2. The number of amides is 2. The van der Waals surface area contributed by atoms with Gasteiger partial charge < -0.3 is 14.8 Å². The number of esters is 2. The Balaban J connectivity index is 1.47. The number of halogens is 2. The van der Waals surface area contributed by atoms with Crippen LogP contribution in [0.3, 0.4) is 0 Å². The van der Waals surface area contributed by atoms with Gasteiger partial charge in [0.1, 0.15) is 16.5 Å². The number of nitrogens with one attached hydrogen (secondary N) is 1. The minimum absolute atomic E-state index is 0.122. The molecule has 0 atom stereocenters. The molecule has 0 radical (unpaired) electrons. The van der Waals surface area contributed by atoms with Gasteiger partial charge in [-0.15, -0.1) is 0 Å². The molecule has 35 heavy (non-hydrogen) atoms. The first kappa shape index (κ1) is 24.0. The number of nitrogens with zero attached hydrogens (tertiary/aromatic N) is 1. The van der Waals surface area contributed by atoms with Gasteiger partial charge in [0.05, 0.1) is 23.9 Å². The number of benzene rings is 3. The summed E-state index contributed by atoms with van der Waals surface area (Å²) in [6, 6.07) is 18.2. The van der Waals surface area contributed by atoms with E-state index < -0.39 is 23.8 Å². The molecule has 0 fully saturated rings. The zero-order chi connectivity index (χ0) is 25.1. The van der Waals surface area contributed by atoms with Gasteiger partial charge in [-0.25, -0.2) is 14.5 Å². The molecule has 0 spiro atoms. The molecule has 1 heterocycles. The fraction of sp³-hybridized carbons (Fsp3) is 0.0400. The van der Waals surface area contributed by atoms with Crippen LogP contribution in [0.1, 0.15) is 20.7 Å². The van der Waals surface area contributed by atoms with Crippen LogP contribution in [0.2, 0.25) is 5.02 Å². The van der Waals surface area contributed by atoms with Crippen LogP contribution in [-0.2, 0) is 14.3 Å². The highest BCUT2D eigenvalue weighted by molar-refractivity contribution is 6.53. The Morgan fingerprint density at radius 1 is 0.829 bits per heavy atom. The molecule has 1 aliphatic rings. The van der Waals surface area contributed by atoms with Gasteiger partial charge in [-0.1, -0.05) is 29.3 Å². The van der Waals surface area contributed by atoms with Crippen molar-refractivity contribution in [1.29, 1.82) is 0 Å². The van der Waals surface area contributed by atoms with Crippen molar-refractivity contribution >= 4 is 58.3 Å². The lowest BCUT2D eigenvalue weighted by Gasteiger charge is -2.15. The second kappa shape index (κ2) is 10.0. The molecule has 1 N–H and O–H groups in total. The molecule has 0 bridgehead atoms. The largest absolute Gasteiger partial charge is 0.465 e. The highest BCUT2D eigenvalue weighted by Gasteiger charge is 2.39. The lowest BCUT2D eigenvalue weighted by atomic mass is 10.2. The summed E-state index contributed by atoms with van der Waals surface area (Å²) in [7, 11) is 1.25. The van der Waals surface area contributed by atoms with Crippen molar-refractivity contribution in [2.75, 3.05) is 17.3 Å². The molecule has 4 rings (SSSR count). The van der Waals surface area contributed by atoms with Crippen LogP contribution in [0, 0.1) is 0 Å². The van der Waals surface area contributed by atoms with Gasteiger partial charge in [0, 0.05) is 10.7 Å². The second-order valence-electron chi connectivity index (χ2n) is 7.22. The summed E-state index contributed by atoms with van der Waals surface area (Å²) in [6.07, 6.45) is 0. The van der Waals surface area contributed by atoms with Crippen LogP contribution in [-0.4, -0.2) is 30.9 Å². The number of anilines is 2. The number of carbonyl (C=O) groups is 4. The summed E-state index contributed by atoms with van der Waals surface area (Å²) in [5.74, 6) is -2.22. The van der Waals surface area contributed by atoms with Crippen molar-refractivity contribution in [2.45, 2.75) is 0 Å². The molecule has 176 valence electrons. The molecule has 0 aliphatic carbocycles. The van der Waals surface area contributed by atoms with Crippen molar-refractivity contribution in [3.05, 3.63) is 99.7 Å². The van der Waals surface area contributed by atoms with Gasteiger partial charge in [0.2, 0.25) is 0 Å². The van der Waals surface area contributed by atoms with Gasteiger partial charge in [-0.05, 0) is 66.7 Å². The molecular formula is C25H16Cl2N2O6. The van der Waals surface area contributed by atoms with Gasteiger partial charge in [-0.2, -0.15) is 0 Å². The average Bonchev–Trinajstić information content (AvgIpc) is 3.07. The number of hydrogen-bond donors (Lipinski definition) is 1. The summed E-state index contributed by atoms with van der Waals surface area (Å²) in [6.45, 7) is 0. The van der Waals surface area contributed by atoms with E-state index in [2.05, 4.69) is 10.1 Å². The highest BCUT2D eigenvalue weighted by atomic mass is 35.5. The maximum Gasteiger partial charge on any atom is 0.343 e. The molecule has 8 nitrogen and oxygen atoms in total. The molecule has 3 aromatic rings. The highest BCUT2D eigenvalue weighted by Crippen LogP contribution is 2.30. The van der Waals surface area contributed by atoms with E-state index in [-0.39, 0.29) is 27.5 Å². The number of imide groups is 1. The number of rotatable bonds is 6. The van der Waals surface area contributed by atoms with Gasteiger partial charge in [-0.3, -0.25) is 9.59 Å². The topological polar surface area (TPSA) is 102 Å². The summed E-state index contributed by atoms with van der Waals surface area (Å²) >= 11 is 12.0. The van der Waals surface area contributed by atoms with Crippen molar-refractivity contribution < 1.29 is 28.7 Å². The molecule has 0 saturated carbocycles. The Labute approximate surface area is 209 Å². The van der Waals surface area contributed by atoms with E-state index in [4.69, 9.17) is 27.9 Å². The Bertz CT molecular complexity index is 1370. The number of carbonyl (C=O) groups excluding carboxylic acids is 4. The summed E-state index contributed by atoms with van der Waals surface area (Å²) in [5.41, 5.74) is 1.06. The maximum atomic E-state index is 12.9. The number of methoxy groups -OCH3 is 1. The monoisotopic (exact) mass is 510 g/mol. The van der Waals surface area contributed by atoms with E-state index in [9.17, 15) is 19.2 Å². The Morgan fingerprint density at radius 3 is 2.09 bits per heavy atom. The van der Waals surface area contributed by atoms with E-state index in [1.165, 1.54) is 61.7 Å². The van der Waals surface area contributed by atoms with Crippen molar-refractivity contribution in [2.24, 2.45) is 0 Å². The minimum atomic E-state index is -0.716. The minimum Gasteiger partial charge on any atom is -0.465 e. The maximum absolute atomic E-state index is 12.9. The summed E-state index contributed by atoms with van der Waals surface area (Å²) in [4.78, 5) is 50.4. The third-order valence-corrected chi connectivity index (χ3v) is 5.56. The predicted octanol–water partition coefficient (Wildman–Crippen LogP) is 4.78. The fourth-order valence-corrected chi connectivity index (χ4v) is 3.63. The fourth-order valence-electron chi connectivity index (χ4n) is 3.24. The lowest BCUT2D eigenvalue weighted by Crippen LogP contribution is -2.32. The number of ether oxygens (including phenoxy) is 2. The van der Waals surface area contributed by atoms with E-state index in [1.807, 2.05) is 0 Å². The van der Waals surface area contributed by atoms with Crippen molar-refractivity contribution in [3.8, 4) is 5.75 Å². The standard InChI is InChI=1S/C25H16Cl2N2O6/c1-34-24(32)14-7-11-18(12-8-14)29-22(30)20(27)21(23(29)31)28-17-9-5-15(6-10-17)25(33)35-19-4-2-3-16(26)13-19/h2-13,28H,1H3. The zero-order valence-electron chi connectivity index (χ0n) is 18.1. The summed E-state index contributed by atoms with van der Waals surface area (Å²) in [5, 5.41) is 2.96. The average molecular weight is 511 g/mol. The van der Waals surface area contributed by atoms with Gasteiger partial charge in [0.25, 0.3) is 11.8 Å². The third-order valence-electron chi connectivity index (χ3n) is 4.97. The van der Waals surface area contributed by atoms with Crippen molar-refractivity contribution in [1.82, 2.24) is 0 Å². The number of hydrogen-bond acceptors (Lipinski definition) is 7. The molecule has 0 unspecified atom stereocenters. The molecular weight excluding hydrogens is 495 g/mol. The molecule has 3 aromatic carbocycles. The predicted molar refractivity (Wildman–Crippen MR) is 130 cm³/mol. The molecule has 0 saturated heterocycles. The lowest BCUT2D eigenvalue weighted by molar-refractivity contribution is -0.120. The Kier molecular flexibility index (Phi) is 6.86. The van der Waals surface area contributed by atoms with E-state index in [0.29, 0.717) is 16.5 Å². The van der Waals surface area contributed by atoms with E-state index >= 15 is 0 Å². The van der Waals surface area contributed by atoms with E-state index in [1.54, 1.807) is 18.2 Å². The van der Waals surface area contributed by atoms with Gasteiger partial charge >= 0.3 is 11.9 Å². The van der Waals surface area contributed by atoms with E-state index in [0.717, 1.165) is 4.90 Å². The third kappa shape index (κ3) is 5.03. The SMILES string of the molecule is COC(=O)c1ccc(N2C(=O)C(Cl)=C(Nc3ccc(C(=O)Oc4cccc(Cl)c4)cc3)C2=O)cc1. The van der Waals surface area contributed by atoms with Crippen LogP contribution in [0.25, 0.3) is 0 Å². The van der Waals surface area contributed by atoms with Crippen LogP contribution in [0.4, 0.5) is 11.4 Å². The van der Waals surface area contributed by atoms with Crippen LogP contribution >= 0.6 is 23.2 Å². The molecule has 10 heteroatoms. The molecule has 0 aromatic heterocycles. The van der Waals surface area contributed by atoms with Crippen LogP contribution < -0.4 is 15.0 Å². The molecule has 2 amide bonds. The first-order chi connectivity index (χ1) is 16.8. The van der Waals surface area contributed by atoms with Crippen molar-refractivity contribution in [3.63, 3.8) is 0 Å². The first-order valence-electron chi connectivity index (χ1n) is 10.1.